The molecule has 8 nitrogen and oxygen atoms in total. The first-order valence-corrected chi connectivity index (χ1v) is 18.4. The van der Waals surface area contributed by atoms with Crippen molar-refractivity contribution >= 4 is 35.4 Å². The number of nitrogens with zero attached hydrogens (tertiary/aromatic N) is 2. The van der Waals surface area contributed by atoms with Crippen molar-refractivity contribution in [3.8, 4) is 0 Å². The van der Waals surface area contributed by atoms with Crippen molar-refractivity contribution in [3.05, 3.63) is 22.8 Å². The van der Waals surface area contributed by atoms with Crippen LogP contribution in [0, 0.1) is 6.92 Å². The molecule has 0 heterocycles. The number of rotatable bonds is 24. The van der Waals surface area contributed by atoms with Crippen LogP contribution in [0.4, 0.5) is 191 Å². The Hall–Kier alpha value is -5.95. The van der Waals surface area contributed by atoms with Crippen LogP contribution >= 0.6 is 0 Å². The summed E-state index contributed by atoms with van der Waals surface area (Å²) in [5, 5.41) is 1.04. The Morgan fingerprint density at radius 2 is 0.634 bits per heavy atom. The van der Waals surface area contributed by atoms with E-state index < -0.39 is 171 Å². The number of halogens is 41. The number of carbonyl (C=O) groups excluding carboxylic acids is 4. The molecule has 0 aliphatic carbocycles. The van der Waals surface area contributed by atoms with Gasteiger partial charge in [-0.3, -0.25) is 9.59 Å². The van der Waals surface area contributed by atoms with Gasteiger partial charge in [-0.05, 0) is 18.6 Å². The molecule has 0 atom stereocenters. The fourth-order valence-electron chi connectivity index (χ4n) is 5.64. The Bertz CT molecular complexity index is 2710. The molecule has 1 amide bonds. The number of aliphatic imine (C=N–C) groups is 2. The molecule has 0 aromatic heterocycles. The number of hydrogen-bond acceptors (Lipinski definition) is 7. The molecule has 1 aromatic carbocycles. The van der Waals surface area contributed by atoms with E-state index >= 15 is 17.6 Å². The highest BCUT2D eigenvalue weighted by Crippen LogP contribution is 2.72. The molecule has 474 valence electrons. The molecular weight excluding hydrogens is 1300 g/mol. The largest absolute Gasteiger partial charge is 0.460 e. The third-order valence-corrected chi connectivity index (χ3v) is 10.4. The predicted molar refractivity (Wildman–Crippen MR) is 170 cm³/mol. The lowest BCUT2D eigenvalue weighted by molar-refractivity contribution is -0.495. The second kappa shape index (κ2) is 20.1. The van der Waals surface area contributed by atoms with E-state index in [0.717, 1.165) is 5.32 Å². The molecule has 0 unspecified atom stereocenters. The van der Waals surface area contributed by atoms with Gasteiger partial charge in [0.2, 0.25) is 12.2 Å². The molecule has 0 aliphatic rings. The molecule has 0 saturated heterocycles. The van der Waals surface area contributed by atoms with E-state index in [4.69, 9.17) is 0 Å². The van der Waals surface area contributed by atoms with Crippen molar-refractivity contribution in [2.75, 3.05) is 6.73 Å². The minimum absolute atomic E-state index is 0.0302. The summed E-state index contributed by atoms with van der Waals surface area (Å²) >= 11 is 0. The summed E-state index contributed by atoms with van der Waals surface area (Å²) in [4.78, 5) is 50.1. The van der Waals surface area contributed by atoms with Gasteiger partial charge in [0.1, 0.15) is 11.4 Å². The van der Waals surface area contributed by atoms with E-state index in [1.54, 1.807) is 0 Å². The first-order chi connectivity index (χ1) is 35.4. The third kappa shape index (κ3) is 9.22. The fraction of sp³-hybridized carbons (Fsp3) is 0.697. The quantitative estimate of drug-likeness (QED) is 0.0364. The Balaban J connectivity index is 4.35. The molecule has 1 aromatic rings. The van der Waals surface area contributed by atoms with Crippen molar-refractivity contribution in [1.82, 2.24) is 5.32 Å². The van der Waals surface area contributed by atoms with Crippen LogP contribution < -0.4 is 5.32 Å². The number of amides is 1. The highest BCUT2D eigenvalue weighted by atomic mass is 19.4. The summed E-state index contributed by atoms with van der Waals surface area (Å²) in [5.41, 5.74) is -11.8. The predicted octanol–water partition coefficient (Wildman–Crippen LogP) is 14.3. The average Bonchev–Trinajstić information content (AvgIpc) is 3.28. The van der Waals surface area contributed by atoms with Crippen LogP contribution in [0.1, 0.15) is 28.4 Å². The first-order valence-electron chi connectivity index (χ1n) is 18.4. The van der Waals surface area contributed by atoms with E-state index in [9.17, 15) is 182 Å². The summed E-state index contributed by atoms with van der Waals surface area (Å²) in [6, 6.07) is -1.22. The van der Waals surface area contributed by atoms with E-state index in [1.807, 2.05) is 0 Å². The molecule has 0 spiro atoms. The van der Waals surface area contributed by atoms with Crippen molar-refractivity contribution in [3.63, 3.8) is 0 Å². The highest BCUT2D eigenvalue weighted by Gasteiger charge is 3.03. The van der Waals surface area contributed by atoms with Crippen molar-refractivity contribution in [2.45, 2.75) is 133 Å². The number of isocyanates is 2. The monoisotopic (exact) mass is 1310 g/mol. The SMILES string of the molecule is CC(=O)OCNC(=O)c1c(C(F)(F)C(F)(F)C(F)(F)C(F)(F)C(F)(F)C(F)(F)C(F)(F)C(F)(F)C(F)(F)C(F)(F)C(F)(F)C(F)(F)C(F)(F)C(F)(F)C(F)(F)C(F)(F)C(F)(F)C(F)(F)C(F)(F)C(F)(F)F)cc(N=C=O)c(N=C=O)c1C. The van der Waals surface area contributed by atoms with Gasteiger partial charge in [0.15, 0.2) is 6.73 Å². The van der Waals surface area contributed by atoms with Crippen LogP contribution in [-0.4, -0.2) is 144 Å². The van der Waals surface area contributed by atoms with Gasteiger partial charge in [-0.2, -0.15) is 190 Å². The average molecular weight is 1310 g/mol. The number of benzene rings is 1. The number of esters is 1. The number of ether oxygens (including phenoxy) is 1. The van der Waals surface area contributed by atoms with Gasteiger partial charge in [0, 0.05) is 12.5 Å². The van der Waals surface area contributed by atoms with Crippen LogP contribution in [0.2, 0.25) is 0 Å². The van der Waals surface area contributed by atoms with Crippen LogP contribution in [0.25, 0.3) is 0 Å². The van der Waals surface area contributed by atoms with E-state index in [2.05, 4.69) is 14.7 Å². The second-order valence-corrected chi connectivity index (χ2v) is 15.4. The van der Waals surface area contributed by atoms with Gasteiger partial charge in [-0.15, -0.1) is 0 Å². The third-order valence-electron chi connectivity index (χ3n) is 10.4. The van der Waals surface area contributed by atoms with Crippen LogP contribution in [0.15, 0.2) is 16.1 Å². The van der Waals surface area contributed by atoms with Gasteiger partial charge < -0.3 is 10.1 Å². The second-order valence-electron chi connectivity index (χ2n) is 15.4. The Kier molecular flexibility index (Phi) is 18.2. The standard InChI is InChI=1S/C33H10F41N3O5/c1-7-11(13(81)77-6-82-8(2)80)9(3-10(75-4-78)12(7)76-5-79)14(34,35)15(36,37)16(38,39)17(40,41)18(42,43)19(44,45)20(46,47)21(48,49)22(50,51)23(52,53)24(54,55)25(56,57)26(58,59)27(60,61)28(62,63)29(64,65)30(66,67)31(68,69)32(70,71)33(72,73)74/h3H,6H2,1-2H3,(H,77,81). The van der Waals surface area contributed by atoms with Crippen molar-refractivity contribution < 1.29 is 204 Å². The van der Waals surface area contributed by atoms with Gasteiger partial charge in [-0.1, -0.05) is 0 Å². The van der Waals surface area contributed by atoms with Crippen LogP contribution in [0.5, 0.6) is 0 Å². The molecule has 1 N–H and O–H groups in total. The lowest BCUT2D eigenvalue weighted by Gasteiger charge is -2.47. The number of alkyl halides is 41. The summed E-state index contributed by atoms with van der Waals surface area (Å²) in [6.45, 7) is -1.37. The number of hydrogen-bond donors (Lipinski definition) is 1. The summed E-state index contributed by atoms with van der Waals surface area (Å²) in [6.07, 6.45) is -7.92. The Morgan fingerprint density at radius 3 is 0.854 bits per heavy atom. The molecule has 49 heteroatoms. The zero-order valence-electron chi connectivity index (χ0n) is 36.7. The molecule has 82 heavy (non-hydrogen) atoms. The minimum atomic E-state index is -10.7. The van der Waals surface area contributed by atoms with Gasteiger partial charge in [0.25, 0.3) is 5.91 Å². The zero-order valence-corrected chi connectivity index (χ0v) is 36.7. The molecule has 0 radical (unpaired) electrons. The molecule has 0 fully saturated rings. The summed E-state index contributed by atoms with van der Waals surface area (Å²) in [7, 11) is 0. The van der Waals surface area contributed by atoms with Gasteiger partial charge >= 0.3 is 125 Å². The molecular formula is C33H10F41N3O5. The molecule has 1 rings (SSSR count). The maximum Gasteiger partial charge on any atom is 0.460 e. The fourth-order valence-corrected chi connectivity index (χ4v) is 5.64. The van der Waals surface area contributed by atoms with Gasteiger partial charge in [0.05, 0.1) is 5.56 Å². The summed E-state index contributed by atoms with van der Waals surface area (Å²) < 4.78 is 585. The van der Waals surface area contributed by atoms with Crippen molar-refractivity contribution in [2.24, 2.45) is 9.98 Å². The number of nitrogens with one attached hydrogen (secondary N) is 1. The van der Waals surface area contributed by atoms with E-state index in [1.165, 1.54) is 0 Å². The lowest BCUT2D eigenvalue weighted by Crippen LogP contribution is -2.80. The van der Waals surface area contributed by atoms with E-state index in [0.29, 0.717) is 13.0 Å². The van der Waals surface area contributed by atoms with E-state index in [-0.39, 0.29) is 13.0 Å². The zero-order chi connectivity index (χ0) is 66.7. The van der Waals surface area contributed by atoms with Crippen molar-refractivity contribution in [1.29, 1.82) is 0 Å². The smallest absolute Gasteiger partial charge is 0.445 e. The maximum absolute atomic E-state index is 15.6. The van der Waals surface area contributed by atoms with Crippen LogP contribution in [0.3, 0.4) is 0 Å². The maximum atomic E-state index is 15.6. The summed E-state index contributed by atoms with van der Waals surface area (Å²) in [5.74, 6) is -197. The Labute approximate surface area is 417 Å². The Morgan fingerprint density at radius 1 is 0.402 bits per heavy atom. The lowest BCUT2D eigenvalue weighted by atomic mass is 9.81. The normalized spacial score (nSPS) is 15.6. The topological polar surface area (TPSA) is 114 Å². The first kappa shape index (κ1) is 74.1. The minimum Gasteiger partial charge on any atom is -0.445 e. The van der Waals surface area contributed by atoms with Crippen LogP contribution in [-0.2, 0) is 25.0 Å². The molecule has 0 saturated carbocycles. The molecule has 0 bridgehead atoms. The highest BCUT2D eigenvalue weighted by molar-refractivity contribution is 6.00. The molecule has 0 aliphatic heterocycles. The van der Waals surface area contributed by atoms with Gasteiger partial charge in [-0.25, -0.2) is 9.59 Å². The number of carbonyl (C=O) groups is 2.